The van der Waals surface area contributed by atoms with Gasteiger partial charge in [-0.15, -0.1) is 0 Å². The maximum Gasteiger partial charge on any atom is 0.244 e. The smallest absolute Gasteiger partial charge is 0.244 e. The Labute approximate surface area is 99.6 Å². The van der Waals surface area contributed by atoms with Crippen molar-refractivity contribution < 1.29 is 9.90 Å². The average molecular weight is 243 g/mol. The predicted octanol–water partition coefficient (Wildman–Crippen LogP) is 1.98. The molecule has 16 heavy (non-hydrogen) atoms. The van der Waals surface area contributed by atoms with Crippen LogP contribution in [0.1, 0.15) is 13.8 Å². The second-order valence-electron chi connectivity index (χ2n) is 4.00. The standard InChI is InChI=1S/C11H15ClN2O2/c1-11(2,13-3)10(16)14-7-4-5-9(15)8(12)6-7/h4-6,13,15H,1-3H3,(H,14,16). The number of carbonyl (C=O) groups excluding carboxylic acids is 1. The zero-order valence-electron chi connectivity index (χ0n) is 9.47. The van der Waals surface area contributed by atoms with Gasteiger partial charge >= 0.3 is 0 Å². The van der Waals surface area contributed by atoms with Crippen LogP contribution in [-0.2, 0) is 4.79 Å². The third-order valence-electron chi connectivity index (χ3n) is 2.40. The highest BCUT2D eigenvalue weighted by Crippen LogP contribution is 2.26. The number of likely N-dealkylation sites (N-methyl/N-ethyl adjacent to an activating group) is 1. The van der Waals surface area contributed by atoms with Gasteiger partial charge in [-0.1, -0.05) is 11.6 Å². The second-order valence-corrected chi connectivity index (χ2v) is 4.40. The molecule has 3 N–H and O–H groups in total. The minimum atomic E-state index is -0.662. The Bertz CT molecular complexity index is 405. The molecule has 0 fully saturated rings. The van der Waals surface area contributed by atoms with E-state index in [-0.39, 0.29) is 16.7 Å². The van der Waals surface area contributed by atoms with E-state index in [4.69, 9.17) is 11.6 Å². The number of benzene rings is 1. The van der Waals surface area contributed by atoms with Crippen molar-refractivity contribution in [1.82, 2.24) is 5.32 Å². The second kappa shape index (κ2) is 4.72. The highest BCUT2D eigenvalue weighted by atomic mass is 35.5. The fourth-order valence-electron chi connectivity index (χ4n) is 0.986. The predicted molar refractivity (Wildman–Crippen MR) is 64.9 cm³/mol. The first-order chi connectivity index (χ1) is 7.36. The Kier molecular flexibility index (Phi) is 3.78. The highest BCUT2D eigenvalue weighted by Gasteiger charge is 2.25. The maximum absolute atomic E-state index is 11.8. The lowest BCUT2D eigenvalue weighted by Crippen LogP contribution is -2.47. The molecule has 0 saturated carbocycles. The van der Waals surface area contributed by atoms with Gasteiger partial charge in [-0.25, -0.2) is 0 Å². The molecule has 1 amide bonds. The molecule has 0 unspecified atom stereocenters. The van der Waals surface area contributed by atoms with Gasteiger partial charge in [-0.2, -0.15) is 0 Å². The van der Waals surface area contributed by atoms with E-state index in [0.717, 1.165) is 0 Å². The fraction of sp³-hybridized carbons (Fsp3) is 0.364. The number of amides is 1. The third kappa shape index (κ3) is 2.87. The number of hydrogen-bond acceptors (Lipinski definition) is 3. The topological polar surface area (TPSA) is 61.4 Å². The van der Waals surface area contributed by atoms with Crippen LogP contribution in [0.2, 0.25) is 5.02 Å². The number of nitrogens with one attached hydrogen (secondary N) is 2. The molecule has 0 bridgehead atoms. The van der Waals surface area contributed by atoms with Crippen molar-refractivity contribution in [1.29, 1.82) is 0 Å². The summed E-state index contributed by atoms with van der Waals surface area (Å²) in [6.07, 6.45) is 0. The first kappa shape index (κ1) is 12.8. The molecule has 1 aromatic rings. The van der Waals surface area contributed by atoms with Gasteiger partial charge in [-0.3, -0.25) is 4.79 Å². The first-order valence-corrected chi connectivity index (χ1v) is 5.23. The molecule has 0 aliphatic heterocycles. The van der Waals surface area contributed by atoms with Crippen LogP contribution >= 0.6 is 11.6 Å². The van der Waals surface area contributed by atoms with E-state index in [2.05, 4.69) is 10.6 Å². The number of carbonyl (C=O) groups is 1. The van der Waals surface area contributed by atoms with Gasteiger partial charge in [0.05, 0.1) is 10.6 Å². The van der Waals surface area contributed by atoms with E-state index < -0.39 is 5.54 Å². The SMILES string of the molecule is CNC(C)(C)C(=O)Nc1ccc(O)c(Cl)c1. The van der Waals surface area contributed by atoms with Gasteiger partial charge in [0.1, 0.15) is 5.75 Å². The van der Waals surface area contributed by atoms with E-state index in [1.165, 1.54) is 12.1 Å². The molecule has 1 rings (SSSR count). The Morgan fingerprint density at radius 1 is 1.44 bits per heavy atom. The molecule has 88 valence electrons. The lowest BCUT2D eigenvalue weighted by molar-refractivity contribution is -0.121. The molecular weight excluding hydrogens is 228 g/mol. The number of aromatic hydroxyl groups is 1. The summed E-state index contributed by atoms with van der Waals surface area (Å²) >= 11 is 5.73. The molecule has 1 aromatic carbocycles. The normalized spacial score (nSPS) is 11.2. The van der Waals surface area contributed by atoms with Crippen molar-refractivity contribution in [3.63, 3.8) is 0 Å². The van der Waals surface area contributed by atoms with Gasteiger partial charge in [0, 0.05) is 5.69 Å². The highest BCUT2D eigenvalue weighted by molar-refractivity contribution is 6.32. The molecule has 0 saturated heterocycles. The quantitative estimate of drug-likeness (QED) is 0.711. The lowest BCUT2D eigenvalue weighted by Gasteiger charge is -2.22. The van der Waals surface area contributed by atoms with Crippen molar-refractivity contribution in [2.75, 3.05) is 12.4 Å². The van der Waals surface area contributed by atoms with E-state index in [1.54, 1.807) is 27.0 Å². The Morgan fingerprint density at radius 3 is 2.56 bits per heavy atom. The molecule has 0 aliphatic carbocycles. The summed E-state index contributed by atoms with van der Waals surface area (Å²) in [5.41, 5.74) is -0.110. The van der Waals surface area contributed by atoms with E-state index in [1.807, 2.05) is 0 Å². The number of phenolic OH excluding ortho intramolecular Hbond substituents is 1. The molecule has 0 aromatic heterocycles. The summed E-state index contributed by atoms with van der Waals surface area (Å²) < 4.78 is 0. The van der Waals surface area contributed by atoms with Crippen LogP contribution in [0.4, 0.5) is 5.69 Å². The van der Waals surface area contributed by atoms with Crippen LogP contribution in [0.3, 0.4) is 0 Å². The largest absolute Gasteiger partial charge is 0.506 e. The summed E-state index contributed by atoms with van der Waals surface area (Å²) in [5.74, 6) is -0.177. The van der Waals surface area contributed by atoms with Crippen molar-refractivity contribution in [2.45, 2.75) is 19.4 Å². The maximum atomic E-state index is 11.8. The summed E-state index contributed by atoms with van der Waals surface area (Å²) in [4.78, 5) is 11.8. The Balaban J connectivity index is 2.82. The average Bonchev–Trinajstić information content (AvgIpc) is 2.23. The van der Waals surface area contributed by atoms with Crippen LogP contribution in [-0.4, -0.2) is 23.6 Å². The molecule has 0 heterocycles. The van der Waals surface area contributed by atoms with E-state index in [9.17, 15) is 9.90 Å². The summed E-state index contributed by atoms with van der Waals surface area (Å²) in [7, 11) is 1.71. The van der Waals surface area contributed by atoms with Crippen molar-refractivity contribution >= 4 is 23.2 Å². The van der Waals surface area contributed by atoms with Gasteiger partial charge < -0.3 is 15.7 Å². The van der Waals surface area contributed by atoms with Crippen LogP contribution in [0.15, 0.2) is 18.2 Å². The molecular formula is C11H15ClN2O2. The Hall–Kier alpha value is -1.26. The molecule has 0 spiro atoms. The number of phenols is 1. The first-order valence-electron chi connectivity index (χ1n) is 4.85. The summed E-state index contributed by atoms with van der Waals surface area (Å²) in [6, 6.07) is 4.52. The van der Waals surface area contributed by atoms with E-state index in [0.29, 0.717) is 5.69 Å². The number of halogens is 1. The van der Waals surface area contributed by atoms with Gasteiger partial charge in [0.15, 0.2) is 0 Å². The molecule has 5 heteroatoms. The Morgan fingerprint density at radius 2 is 2.06 bits per heavy atom. The van der Waals surface area contributed by atoms with Crippen molar-refractivity contribution in [3.05, 3.63) is 23.2 Å². The van der Waals surface area contributed by atoms with Crippen LogP contribution in [0.25, 0.3) is 0 Å². The number of rotatable bonds is 3. The van der Waals surface area contributed by atoms with Crippen LogP contribution < -0.4 is 10.6 Å². The van der Waals surface area contributed by atoms with Gasteiger partial charge in [-0.05, 0) is 39.1 Å². The minimum Gasteiger partial charge on any atom is -0.506 e. The summed E-state index contributed by atoms with van der Waals surface area (Å²) in [6.45, 7) is 3.54. The van der Waals surface area contributed by atoms with Crippen LogP contribution in [0.5, 0.6) is 5.75 Å². The number of hydrogen-bond donors (Lipinski definition) is 3. The lowest BCUT2D eigenvalue weighted by atomic mass is 10.1. The van der Waals surface area contributed by atoms with Crippen LogP contribution in [0, 0.1) is 0 Å². The van der Waals surface area contributed by atoms with Gasteiger partial charge in [0.2, 0.25) is 5.91 Å². The zero-order valence-corrected chi connectivity index (χ0v) is 10.2. The van der Waals surface area contributed by atoms with E-state index >= 15 is 0 Å². The van der Waals surface area contributed by atoms with Crippen molar-refractivity contribution in [2.24, 2.45) is 0 Å². The molecule has 0 radical (unpaired) electrons. The minimum absolute atomic E-state index is 0.00691. The molecule has 0 aliphatic rings. The molecule has 0 atom stereocenters. The monoisotopic (exact) mass is 242 g/mol. The fourth-order valence-corrected chi connectivity index (χ4v) is 1.17. The third-order valence-corrected chi connectivity index (χ3v) is 2.70. The summed E-state index contributed by atoms with van der Waals surface area (Å²) in [5, 5.41) is 15.0. The molecule has 4 nitrogen and oxygen atoms in total. The van der Waals surface area contributed by atoms with Crippen molar-refractivity contribution in [3.8, 4) is 5.75 Å². The van der Waals surface area contributed by atoms with Gasteiger partial charge in [0.25, 0.3) is 0 Å². The number of anilines is 1. The zero-order chi connectivity index (χ0) is 12.3.